The van der Waals surface area contributed by atoms with E-state index >= 15 is 0 Å². The molecule has 7 nitrogen and oxygen atoms in total. The molecule has 146 valence electrons. The molecule has 4 rings (SSSR count). The van der Waals surface area contributed by atoms with E-state index in [0.29, 0.717) is 21.9 Å². The molecule has 1 saturated heterocycles. The summed E-state index contributed by atoms with van der Waals surface area (Å²) in [5, 5.41) is 1.05. The van der Waals surface area contributed by atoms with Crippen LogP contribution in [0.15, 0.2) is 44.9 Å². The van der Waals surface area contributed by atoms with Gasteiger partial charge in [0.1, 0.15) is 10.4 Å². The zero-order valence-corrected chi connectivity index (χ0v) is 16.9. The monoisotopic (exact) mass is 397 g/mol. The third-order valence-electron chi connectivity index (χ3n) is 5.14. The maximum Gasteiger partial charge on any atom is 0.332 e. The molecule has 1 aromatic carbocycles. The van der Waals surface area contributed by atoms with Gasteiger partial charge in [-0.05, 0) is 25.9 Å². The molecule has 1 aliphatic heterocycles. The summed E-state index contributed by atoms with van der Waals surface area (Å²) in [5.74, 6) is 1.37. The van der Waals surface area contributed by atoms with Crippen LogP contribution in [0.5, 0.6) is 0 Å². The van der Waals surface area contributed by atoms with Gasteiger partial charge < -0.3 is 4.90 Å². The van der Waals surface area contributed by atoms with E-state index in [1.54, 1.807) is 18.8 Å². The van der Waals surface area contributed by atoms with Crippen molar-refractivity contribution in [2.45, 2.75) is 17.9 Å². The summed E-state index contributed by atoms with van der Waals surface area (Å²) in [6.45, 7) is 3.23. The van der Waals surface area contributed by atoms with Gasteiger partial charge in [0.2, 0.25) is 0 Å². The number of likely N-dealkylation sites (tertiary alicyclic amines) is 1. The lowest BCUT2D eigenvalue weighted by Gasteiger charge is -2.15. The molecule has 0 amide bonds. The SMILES string of the molecule is Cn1c(=O)c2c(SCCN3CCCC3)nc(-c3ccccc3)nc2n(C)c1=O. The minimum Gasteiger partial charge on any atom is -0.303 e. The van der Waals surface area contributed by atoms with Crippen LogP contribution in [0.25, 0.3) is 22.4 Å². The summed E-state index contributed by atoms with van der Waals surface area (Å²) in [6, 6.07) is 9.64. The minimum absolute atomic E-state index is 0.346. The van der Waals surface area contributed by atoms with E-state index in [2.05, 4.69) is 9.88 Å². The fraction of sp³-hybridized carbons (Fsp3) is 0.400. The Labute approximate surface area is 167 Å². The topological polar surface area (TPSA) is 73.0 Å². The Morgan fingerprint density at radius 2 is 1.71 bits per heavy atom. The van der Waals surface area contributed by atoms with Gasteiger partial charge in [0.15, 0.2) is 11.5 Å². The molecule has 0 spiro atoms. The second-order valence-electron chi connectivity index (χ2n) is 7.02. The largest absolute Gasteiger partial charge is 0.332 e. The molecule has 0 bridgehead atoms. The molecule has 3 aromatic rings. The maximum absolute atomic E-state index is 12.8. The van der Waals surface area contributed by atoms with Gasteiger partial charge in [-0.1, -0.05) is 30.3 Å². The average molecular weight is 398 g/mol. The molecule has 0 aliphatic carbocycles. The van der Waals surface area contributed by atoms with Crippen molar-refractivity contribution in [2.24, 2.45) is 14.1 Å². The molecule has 1 fully saturated rings. The molecule has 0 unspecified atom stereocenters. The first kappa shape index (κ1) is 18.9. The van der Waals surface area contributed by atoms with E-state index in [1.165, 1.54) is 24.5 Å². The summed E-state index contributed by atoms with van der Waals surface area (Å²) in [6.07, 6.45) is 2.50. The molecular formula is C20H23N5O2S. The Hall–Kier alpha value is -2.45. The van der Waals surface area contributed by atoms with Gasteiger partial charge in [-0.3, -0.25) is 13.9 Å². The quantitative estimate of drug-likeness (QED) is 0.484. The average Bonchev–Trinajstić information content (AvgIpc) is 3.24. The lowest BCUT2D eigenvalue weighted by molar-refractivity contribution is 0.362. The predicted molar refractivity (Wildman–Crippen MR) is 112 cm³/mol. The van der Waals surface area contributed by atoms with Gasteiger partial charge in [-0.25, -0.2) is 14.8 Å². The van der Waals surface area contributed by atoms with Gasteiger partial charge in [-0.2, -0.15) is 0 Å². The smallest absolute Gasteiger partial charge is 0.303 e. The minimum atomic E-state index is -0.386. The van der Waals surface area contributed by atoms with E-state index in [-0.39, 0.29) is 11.2 Å². The number of aryl methyl sites for hydroxylation is 1. The normalized spacial score (nSPS) is 14.8. The van der Waals surface area contributed by atoms with E-state index < -0.39 is 0 Å². The van der Waals surface area contributed by atoms with Crippen molar-refractivity contribution < 1.29 is 0 Å². The van der Waals surface area contributed by atoms with Crippen molar-refractivity contribution >= 4 is 22.8 Å². The lowest BCUT2D eigenvalue weighted by Crippen LogP contribution is -2.37. The van der Waals surface area contributed by atoms with Gasteiger partial charge in [0.05, 0.1) is 0 Å². The Bertz CT molecular complexity index is 1120. The summed E-state index contributed by atoms with van der Waals surface area (Å²) in [5.41, 5.74) is 0.508. The zero-order valence-electron chi connectivity index (χ0n) is 16.1. The molecule has 0 N–H and O–H groups in total. The highest BCUT2D eigenvalue weighted by molar-refractivity contribution is 7.99. The van der Waals surface area contributed by atoms with E-state index in [9.17, 15) is 9.59 Å². The van der Waals surface area contributed by atoms with Crippen molar-refractivity contribution in [1.29, 1.82) is 0 Å². The first-order chi connectivity index (χ1) is 13.6. The van der Waals surface area contributed by atoms with Crippen molar-refractivity contribution in [2.75, 3.05) is 25.4 Å². The van der Waals surface area contributed by atoms with Crippen LogP contribution < -0.4 is 11.2 Å². The van der Waals surface area contributed by atoms with Gasteiger partial charge >= 0.3 is 5.69 Å². The summed E-state index contributed by atoms with van der Waals surface area (Å²) >= 11 is 1.56. The lowest BCUT2D eigenvalue weighted by atomic mass is 10.2. The maximum atomic E-state index is 12.8. The fourth-order valence-electron chi connectivity index (χ4n) is 3.53. The van der Waals surface area contributed by atoms with Crippen molar-refractivity contribution in [3.63, 3.8) is 0 Å². The third-order valence-corrected chi connectivity index (χ3v) is 6.10. The molecule has 0 radical (unpaired) electrons. The van der Waals surface area contributed by atoms with Crippen LogP contribution in [0.1, 0.15) is 12.8 Å². The molecular weight excluding hydrogens is 374 g/mol. The van der Waals surface area contributed by atoms with Crippen LogP contribution in [0.2, 0.25) is 0 Å². The Morgan fingerprint density at radius 1 is 1.00 bits per heavy atom. The molecule has 0 atom stereocenters. The zero-order chi connectivity index (χ0) is 19.7. The molecule has 0 saturated carbocycles. The van der Waals surface area contributed by atoms with Crippen molar-refractivity contribution in [3.8, 4) is 11.4 Å². The number of hydrogen-bond donors (Lipinski definition) is 0. The van der Waals surface area contributed by atoms with Gasteiger partial charge in [-0.15, -0.1) is 11.8 Å². The Kier molecular flexibility index (Phi) is 5.32. The first-order valence-electron chi connectivity index (χ1n) is 9.44. The highest BCUT2D eigenvalue weighted by Crippen LogP contribution is 2.26. The highest BCUT2D eigenvalue weighted by Gasteiger charge is 2.19. The molecule has 1 aliphatic rings. The highest BCUT2D eigenvalue weighted by atomic mass is 32.2. The van der Waals surface area contributed by atoms with Crippen LogP contribution in [0.3, 0.4) is 0 Å². The molecule has 3 heterocycles. The van der Waals surface area contributed by atoms with Crippen LogP contribution >= 0.6 is 11.8 Å². The van der Waals surface area contributed by atoms with Crippen LogP contribution in [-0.4, -0.2) is 49.4 Å². The van der Waals surface area contributed by atoms with Gasteiger partial charge in [0.25, 0.3) is 5.56 Å². The molecule has 2 aromatic heterocycles. The summed E-state index contributed by atoms with van der Waals surface area (Å²) in [4.78, 5) is 37.0. The Balaban J connectivity index is 1.82. The van der Waals surface area contributed by atoms with E-state index in [1.807, 2.05) is 30.3 Å². The number of nitrogens with zero attached hydrogens (tertiary/aromatic N) is 5. The Morgan fingerprint density at radius 3 is 2.43 bits per heavy atom. The molecule has 8 heteroatoms. The van der Waals surface area contributed by atoms with Crippen LogP contribution in [0.4, 0.5) is 0 Å². The van der Waals surface area contributed by atoms with Crippen molar-refractivity contribution in [3.05, 3.63) is 51.2 Å². The van der Waals surface area contributed by atoms with Gasteiger partial charge in [0, 0.05) is 32.0 Å². The molecule has 28 heavy (non-hydrogen) atoms. The predicted octanol–water partition coefficient (Wildman–Crippen LogP) is 1.88. The number of thioether (sulfide) groups is 1. The second-order valence-corrected chi connectivity index (χ2v) is 8.10. The van der Waals surface area contributed by atoms with E-state index in [0.717, 1.165) is 35.5 Å². The standard InChI is InChI=1S/C20H23N5O2S/c1-23-17-15(19(26)24(2)20(23)27)18(28-13-12-25-10-6-7-11-25)22-16(21-17)14-8-4-3-5-9-14/h3-5,8-9H,6-7,10-13H2,1-2H3. The number of hydrogen-bond acceptors (Lipinski definition) is 6. The van der Waals surface area contributed by atoms with E-state index in [4.69, 9.17) is 4.98 Å². The van der Waals surface area contributed by atoms with Crippen LogP contribution in [0, 0.1) is 0 Å². The van der Waals surface area contributed by atoms with Crippen molar-refractivity contribution in [1.82, 2.24) is 24.0 Å². The summed E-state index contributed by atoms with van der Waals surface area (Å²) in [7, 11) is 3.14. The fourth-order valence-corrected chi connectivity index (χ4v) is 4.54. The van der Waals surface area contributed by atoms with Crippen LogP contribution in [-0.2, 0) is 14.1 Å². The number of benzene rings is 1. The summed E-state index contributed by atoms with van der Waals surface area (Å²) < 4.78 is 2.55. The first-order valence-corrected chi connectivity index (χ1v) is 10.4. The second kappa shape index (κ2) is 7.89. The number of rotatable bonds is 5. The number of fused-ring (bicyclic) bond motifs is 1. The third kappa shape index (κ3) is 3.49. The number of aromatic nitrogens is 4.